The van der Waals surface area contributed by atoms with E-state index in [-0.39, 0.29) is 12.2 Å². The number of thiophene rings is 1. The van der Waals surface area contributed by atoms with Gasteiger partial charge in [0.25, 0.3) is 0 Å². The van der Waals surface area contributed by atoms with Crippen molar-refractivity contribution in [1.29, 1.82) is 0 Å². The molecule has 1 aromatic carbocycles. The Morgan fingerprint density at radius 1 is 1.21 bits per heavy atom. The third kappa shape index (κ3) is 4.27. The van der Waals surface area contributed by atoms with Gasteiger partial charge in [-0.05, 0) is 46.2 Å². The summed E-state index contributed by atoms with van der Waals surface area (Å²) in [5.74, 6) is -1.53. The second kappa shape index (κ2) is 7.87. The van der Waals surface area contributed by atoms with Gasteiger partial charge in [-0.15, -0.1) is 11.3 Å². The normalized spacial score (nSPS) is 15.5. The predicted octanol–water partition coefficient (Wildman–Crippen LogP) is 4.47. The van der Waals surface area contributed by atoms with Crippen LogP contribution in [0.3, 0.4) is 0 Å². The molecule has 0 aliphatic carbocycles. The van der Waals surface area contributed by atoms with Gasteiger partial charge in [0.05, 0.1) is 17.7 Å². The number of benzene rings is 1. The lowest BCUT2D eigenvalue weighted by atomic mass is 10.1. The summed E-state index contributed by atoms with van der Waals surface area (Å²) in [6, 6.07) is 7.00. The van der Waals surface area contributed by atoms with Crippen molar-refractivity contribution in [2.45, 2.75) is 46.4 Å². The predicted molar refractivity (Wildman–Crippen MR) is 108 cm³/mol. The van der Waals surface area contributed by atoms with Gasteiger partial charge < -0.3 is 19.5 Å². The van der Waals surface area contributed by atoms with Crippen LogP contribution in [0.4, 0.5) is 5.00 Å². The number of hydrogen-bond acceptors (Lipinski definition) is 8. The second-order valence-electron chi connectivity index (χ2n) is 7.50. The zero-order valence-electron chi connectivity index (χ0n) is 17.0. The van der Waals surface area contributed by atoms with Gasteiger partial charge in [0.1, 0.15) is 15.5 Å². The van der Waals surface area contributed by atoms with E-state index in [1.54, 1.807) is 58.9 Å². The van der Waals surface area contributed by atoms with Crippen molar-refractivity contribution in [3.05, 3.63) is 51.4 Å². The number of carbonyl (C=O) groups excluding carboxylic acids is 3. The van der Waals surface area contributed by atoms with Crippen LogP contribution in [0.5, 0.6) is 0 Å². The van der Waals surface area contributed by atoms with Gasteiger partial charge in [0.2, 0.25) is 6.23 Å². The molecular weight excluding hydrogens is 394 g/mol. The Morgan fingerprint density at radius 2 is 1.90 bits per heavy atom. The number of cyclic esters (lactones) is 1. The van der Waals surface area contributed by atoms with Crippen LogP contribution in [-0.4, -0.2) is 30.1 Å². The Morgan fingerprint density at radius 3 is 2.55 bits per heavy atom. The lowest BCUT2D eigenvalue weighted by Gasteiger charge is -2.19. The molecule has 0 amide bonds. The Labute approximate surface area is 173 Å². The molecule has 0 saturated heterocycles. The zero-order chi connectivity index (χ0) is 21.3. The van der Waals surface area contributed by atoms with Gasteiger partial charge in [-0.1, -0.05) is 18.2 Å². The fourth-order valence-electron chi connectivity index (χ4n) is 2.96. The molecule has 7 nitrogen and oxygen atoms in total. The van der Waals surface area contributed by atoms with Gasteiger partial charge >= 0.3 is 17.9 Å². The fraction of sp³-hybridized carbons (Fsp3) is 0.381. The van der Waals surface area contributed by atoms with Crippen LogP contribution in [0.25, 0.3) is 0 Å². The Kier molecular flexibility index (Phi) is 5.66. The number of nitrogens with one attached hydrogen (secondary N) is 1. The standard InChI is InChI=1S/C21H23NO6S/c1-6-26-19(24)14-11(2)15(20(25)28-21(3,4)5)29-17(14)22-16-12-9-7-8-10-13(12)18(23)27-16/h7-10,16,22H,6H2,1-5H3/t16-/m1/s1. The van der Waals surface area contributed by atoms with E-state index < -0.39 is 29.7 Å². The van der Waals surface area contributed by atoms with Crippen molar-refractivity contribution >= 4 is 34.2 Å². The molecule has 154 valence electrons. The van der Waals surface area contributed by atoms with Crippen LogP contribution in [0.1, 0.15) is 75.4 Å². The van der Waals surface area contributed by atoms with Crippen molar-refractivity contribution < 1.29 is 28.6 Å². The first-order valence-corrected chi connectivity index (χ1v) is 10.0. The van der Waals surface area contributed by atoms with Crippen LogP contribution in [0.2, 0.25) is 0 Å². The minimum atomic E-state index is -0.767. The Balaban J connectivity index is 1.99. The lowest BCUT2D eigenvalue weighted by molar-refractivity contribution is 0.00741. The summed E-state index contributed by atoms with van der Waals surface area (Å²) in [7, 11) is 0. The lowest BCUT2D eigenvalue weighted by Crippen LogP contribution is -2.23. The monoisotopic (exact) mass is 417 g/mol. The van der Waals surface area contributed by atoms with Gasteiger partial charge in [-0.2, -0.15) is 0 Å². The molecule has 29 heavy (non-hydrogen) atoms. The van der Waals surface area contributed by atoms with Crippen molar-refractivity contribution in [2.75, 3.05) is 11.9 Å². The van der Waals surface area contributed by atoms with Crippen molar-refractivity contribution in [1.82, 2.24) is 0 Å². The Hall–Kier alpha value is -2.87. The summed E-state index contributed by atoms with van der Waals surface area (Å²) in [5, 5.41) is 3.47. The van der Waals surface area contributed by atoms with Gasteiger partial charge in [0, 0.05) is 5.56 Å². The number of anilines is 1. The molecule has 0 fully saturated rings. The molecule has 1 aliphatic heterocycles. The maximum Gasteiger partial charge on any atom is 0.349 e. The third-order valence-corrected chi connectivity index (χ3v) is 5.36. The summed E-state index contributed by atoms with van der Waals surface area (Å²) in [6.07, 6.45) is -0.767. The van der Waals surface area contributed by atoms with Gasteiger partial charge in [0.15, 0.2) is 0 Å². The number of carbonyl (C=O) groups is 3. The van der Waals surface area contributed by atoms with Crippen LogP contribution >= 0.6 is 11.3 Å². The average Bonchev–Trinajstić information content (AvgIpc) is 3.12. The first-order valence-electron chi connectivity index (χ1n) is 9.22. The topological polar surface area (TPSA) is 90.9 Å². The number of esters is 3. The highest BCUT2D eigenvalue weighted by Crippen LogP contribution is 2.39. The van der Waals surface area contributed by atoms with E-state index in [0.717, 1.165) is 11.3 Å². The molecule has 1 atom stereocenters. The maximum atomic E-state index is 12.6. The Bertz CT molecular complexity index is 972. The third-order valence-electron chi connectivity index (χ3n) is 4.16. The van der Waals surface area contributed by atoms with E-state index in [1.165, 1.54) is 0 Å². The molecule has 1 aromatic heterocycles. The second-order valence-corrected chi connectivity index (χ2v) is 8.52. The minimum absolute atomic E-state index is 0.191. The number of hydrogen-bond donors (Lipinski definition) is 1. The molecule has 0 radical (unpaired) electrons. The number of fused-ring (bicyclic) bond motifs is 1. The van der Waals surface area contributed by atoms with Crippen molar-refractivity contribution in [3.8, 4) is 0 Å². The first-order chi connectivity index (χ1) is 13.6. The van der Waals surface area contributed by atoms with Crippen LogP contribution in [0.15, 0.2) is 24.3 Å². The van der Waals surface area contributed by atoms with Gasteiger partial charge in [-0.3, -0.25) is 0 Å². The highest BCUT2D eigenvalue weighted by Gasteiger charge is 2.34. The molecule has 8 heteroatoms. The van der Waals surface area contributed by atoms with Crippen molar-refractivity contribution in [2.24, 2.45) is 0 Å². The highest BCUT2D eigenvalue weighted by molar-refractivity contribution is 7.18. The minimum Gasteiger partial charge on any atom is -0.462 e. The molecule has 2 aromatic rings. The summed E-state index contributed by atoms with van der Waals surface area (Å²) >= 11 is 1.07. The molecule has 0 unspecified atom stereocenters. The van der Waals surface area contributed by atoms with E-state index in [2.05, 4.69) is 5.32 Å². The molecule has 0 saturated carbocycles. The van der Waals surface area contributed by atoms with Crippen LogP contribution < -0.4 is 5.32 Å². The summed E-state index contributed by atoms with van der Waals surface area (Å²) in [5.41, 5.74) is 1.15. The van der Waals surface area contributed by atoms with E-state index in [1.807, 2.05) is 0 Å². The van der Waals surface area contributed by atoms with Gasteiger partial charge in [-0.25, -0.2) is 14.4 Å². The molecule has 2 heterocycles. The van der Waals surface area contributed by atoms with Crippen LogP contribution in [0, 0.1) is 6.92 Å². The summed E-state index contributed by atoms with van der Waals surface area (Å²) in [4.78, 5) is 37.6. The average molecular weight is 417 g/mol. The van der Waals surface area contributed by atoms with E-state index >= 15 is 0 Å². The molecule has 0 bridgehead atoms. The summed E-state index contributed by atoms with van der Waals surface area (Å²) < 4.78 is 16.0. The van der Waals surface area contributed by atoms with E-state index in [0.29, 0.717) is 26.6 Å². The number of rotatable bonds is 5. The first kappa shape index (κ1) is 20.9. The fourth-order valence-corrected chi connectivity index (χ4v) is 4.04. The molecule has 1 N–H and O–H groups in total. The zero-order valence-corrected chi connectivity index (χ0v) is 17.8. The molecular formula is C21H23NO6S. The SMILES string of the molecule is CCOC(=O)c1c(N[C@@H]2OC(=O)c3ccccc32)sc(C(=O)OC(C)(C)C)c1C. The molecule has 0 spiro atoms. The van der Waals surface area contributed by atoms with Crippen LogP contribution in [-0.2, 0) is 14.2 Å². The van der Waals surface area contributed by atoms with E-state index in [9.17, 15) is 14.4 Å². The molecule has 1 aliphatic rings. The highest BCUT2D eigenvalue weighted by atomic mass is 32.1. The maximum absolute atomic E-state index is 12.6. The smallest absolute Gasteiger partial charge is 0.349 e. The largest absolute Gasteiger partial charge is 0.462 e. The van der Waals surface area contributed by atoms with Crippen molar-refractivity contribution in [3.63, 3.8) is 0 Å². The molecule has 3 rings (SSSR count). The quantitative estimate of drug-likeness (QED) is 0.567. The number of ether oxygens (including phenoxy) is 3. The van der Waals surface area contributed by atoms with E-state index in [4.69, 9.17) is 14.2 Å². The summed E-state index contributed by atoms with van der Waals surface area (Å²) in [6.45, 7) is 8.88.